The lowest BCUT2D eigenvalue weighted by molar-refractivity contribution is -0.120. The summed E-state index contributed by atoms with van der Waals surface area (Å²) in [6.45, 7) is 6.09. The third kappa shape index (κ3) is 7.29. The minimum Gasteiger partial charge on any atom is -0.352 e. The molecule has 1 amide bonds. The fourth-order valence-electron chi connectivity index (χ4n) is 0.811. The number of amides is 1. The number of hydrogen-bond donors (Lipinski definition) is 2. The molecule has 0 saturated heterocycles. The lowest BCUT2D eigenvalue weighted by atomic mass is 10.2. The van der Waals surface area contributed by atoms with E-state index < -0.39 is 0 Å². The Labute approximate surface area is 79.3 Å². The van der Waals surface area contributed by atoms with E-state index in [1.165, 1.54) is 0 Å². The molecule has 74 valence electrons. The van der Waals surface area contributed by atoms with Gasteiger partial charge in [-0.15, -0.1) is 0 Å². The molecule has 4 nitrogen and oxygen atoms in total. The molecule has 1 atom stereocenters. The summed E-state index contributed by atoms with van der Waals surface area (Å²) >= 11 is 0. The maximum absolute atomic E-state index is 11.1. The Bertz CT molecular complexity index is 196. The summed E-state index contributed by atoms with van der Waals surface area (Å²) in [7, 11) is 0. The molecule has 0 aliphatic heterocycles. The summed E-state index contributed by atoms with van der Waals surface area (Å²) in [6, 6.07) is 2.24. The maximum atomic E-state index is 11.1. The second kappa shape index (κ2) is 6.44. The monoisotopic (exact) mass is 183 g/mol. The molecule has 0 fully saturated rings. The second-order valence-corrected chi connectivity index (χ2v) is 3.37. The van der Waals surface area contributed by atoms with E-state index >= 15 is 0 Å². The number of hydrogen-bond acceptors (Lipinski definition) is 3. The summed E-state index contributed by atoms with van der Waals surface area (Å²) in [4.78, 5) is 11.1. The Morgan fingerprint density at radius 1 is 1.46 bits per heavy atom. The maximum Gasteiger partial charge on any atom is 0.234 e. The highest BCUT2D eigenvalue weighted by molar-refractivity contribution is 5.78. The summed E-state index contributed by atoms with van der Waals surface area (Å²) in [6.07, 6.45) is 0.355. The van der Waals surface area contributed by atoms with Gasteiger partial charge in [0, 0.05) is 12.1 Å². The molecule has 0 heterocycles. The summed E-state index contributed by atoms with van der Waals surface area (Å²) in [5.41, 5.74) is 0. The molecule has 0 rings (SSSR count). The van der Waals surface area contributed by atoms with Crippen LogP contribution in [-0.2, 0) is 4.79 Å². The molecular formula is C9H17N3O. The molecule has 0 aliphatic carbocycles. The van der Waals surface area contributed by atoms with Gasteiger partial charge in [0.1, 0.15) is 0 Å². The van der Waals surface area contributed by atoms with Gasteiger partial charge in [0.2, 0.25) is 5.91 Å². The molecule has 0 spiro atoms. The molecule has 0 bridgehead atoms. The topological polar surface area (TPSA) is 64.9 Å². The first-order chi connectivity index (χ1) is 6.06. The van der Waals surface area contributed by atoms with Crippen molar-refractivity contribution in [1.82, 2.24) is 10.6 Å². The van der Waals surface area contributed by atoms with Crippen molar-refractivity contribution < 1.29 is 4.79 Å². The molecule has 0 saturated carbocycles. The zero-order valence-corrected chi connectivity index (χ0v) is 8.42. The highest BCUT2D eigenvalue weighted by Gasteiger charge is 2.06. The largest absolute Gasteiger partial charge is 0.352 e. The third-order valence-corrected chi connectivity index (χ3v) is 1.48. The highest BCUT2D eigenvalue weighted by atomic mass is 16.1. The van der Waals surface area contributed by atoms with Gasteiger partial charge in [0.15, 0.2) is 0 Å². The summed E-state index contributed by atoms with van der Waals surface area (Å²) in [5, 5.41) is 14.1. The van der Waals surface area contributed by atoms with Crippen molar-refractivity contribution in [2.45, 2.75) is 39.3 Å². The Morgan fingerprint density at radius 3 is 2.54 bits per heavy atom. The van der Waals surface area contributed by atoms with E-state index in [0.717, 1.165) is 0 Å². The first-order valence-corrected chi connectivity index (χ1v) is 4.46. The Hall–Kier alpha value is -1.08. The lowest BCUT2D eigenvalue weighted by Gasteiger charge is -2.12. The van der Waals surface area contributed by atoms with E-state index in [9.17, 15) is 4.79 Å². The van der Waals surface area contributed by atoms with Crippen LogP contribution in [0.3, 0.4) is 0 Å². The summed E-state index contributed by atoms with van der Waals surface area (Å²) in [5.74, 6) is -0.0588. The first-order valence-electron chi connectivity index (χ1n) is 4.46. The zero-order valence-electron chi connectivity index (χ0n) is 8.42. The molecule has 4 heteroatoms. The van der Waals surface area contributed by atoms with Gasteiger partial charge in [-0.3, -0.25) is 4.79 Å². The van der Waals surface area contributed by atoms with Crippen LogP contribution in [0.5, 0.6) is 0 Å². The Kier molecular flexibility index (Phi) is 5.90. The normalized spacial score (nSPS) is 12.2. The average Bonchev–Trinajstić information content (AvgIpc) is 2.01. The molecule has 0 aliphatic rings. The van der Waals surface area contributed by atoms with E-state index in [2.05, 4.69) is 10.6 Å². The zero-order chi connectivity index (χ0) is 10.3. The van der Waals surface area contributed by atoms with Crippen molar-refractivity contribution in [2.24, 2.45) is 0 Å². The van der Waals surface area contributed by atoms with Crippen LogP contribution in [0, 0.1) is 11.3 Å². The number of nitrogens with zero attached hydrogens (tertiary/aromatic N) is 1. The SMILES string of the molecule is CC(C)NCC(=O)NC(C)CC#N. The van der Waals surface area contributed by atoms with E-state index in [1.807, 2.05) is 26.8 Å². The molecule has 1 unspecified atom stereocenters. The predicted octanol–water partition coefficient (Wildman–Crippen LogP) is 0.403. The number of nitrogens with one attached hydrogen (secondary N) is 2. The van der Waals surface area contributed by atoms with Crippen molar-refractivity contribution in [1.29, 1.82) is 5.26 Å². The second-order valence-electron chi connectivity index (χ2n) is 3.37. The van der Waals surface area contributed by atoms with Crippen molar-refractivity contribution in [3.8, 4) is 6.07 Å². The molecule has 0 aromatic heterocycles. The third-order valence-electron chi connectivity index (χ3n) is 1.48. The van der Waals surface area contributed by atoms with Gasteiger partial charge in [0.25, 0.3) is 0 Å². The Balaban J connectivity index is 3.57. The first kappa shape index (κ1) is 11.9. The molecule has 13 heavy (non-hydrogen) atoms. The van der Waals surface area contributed by atoms with E-state index in [0.29, 0.717) is 19.0 Å². The van der Waals surface area contributed by atoms with Crippen molar-refractivity contribution in [3.63, 3.8) is 0 Å². The Morgan fingerprint density at radius 2 is 2.08 bits per heavy atom. The van der Waals surface area contributed by atoms with Gasteiger partial charge >= 0.3 is 0 Å². The number of nitriles is 1. The predicted molar refractivity (Wildman–Crippen MR) is 51.0 cm³/mol. The number of carbonyl (C=O) groups excluding carboxylic acids is 1. The lowest BCUT2D eigenvalue weighted by Crippen LogP contribution is -2.40. The molecule has 0 aromatic rings. The van der Waals surface area contributed by atoms with Crippen LogP contribution in [0.4, 0.5) is 0 Å². The quantitative estimate of drug-likeness (QED) is 0.648. The molecular weight excluding hydrogens is 166 g/mol. The summed E-state index contributed by atoms with van der Waals surface area (Å²) < 4.78 is 0. The molecule has 2 N–H and O–H groups in total. The van der Waals surface area contributed by atoms with Gasteiger partial charge in [-0.25, -0.2) is 0 Å². The van der Waals surface area contributed by atoms with Crippen LogP contribution in [0.1, 0.15) is 27.2 Å². The van der Waals surface area contributed by atoms with Gasteiger partial charge in [0.05, 0.1) is 19.0 Å². The highest BCUT2D eigenvalue weighted by Crippen LogP contribution is 1.87. The fraction of sp³-hybridized carbons (Fsp3) is 0.778. The smallest absolute Gasteiger partial charge is 0.234 e. The number of rotatable bonds is 5. The average molecular weight is 183 g/mol. The minimum absolute atomic E-state index is 0.0588. The van der Waals surface area contributed by atoms with E-state index in [1.54, 1.807) is 0 Å². The van der Waals surface area contributed by atoms with Crippen molar-refractivity contribution in [2.75, 3.05) is 6.54 Å². The fourth-order valence-corrected chi connectivity index (χ4v) is 0.811. The standard InChI is InChI=1S/C9H17N3O/c1-7(2)11-6-9(13)12-8(3)4-5-10/h7-8,11H,4,6H2,1-3H3,(H,12,13). The van der Waals surface area contributed by atoms with Crippen LogP contribution >= 0.6 is 0 Å². The van der Waals surface area contributed by atoms with Crippen LogP contribution in [0.2, 0.25) is 0 Å². The van der Waals surface area contributed by atoms with Crippen LogP contribution in [-0.4, -0.2) is 24.5 Å². The number of carbonyl (C=O) groups is 1. The van der Waals surface area contributed by atoms with E-state index in [-0.39, 0.29) is 11.9 Å². The van der Waals surface area contributed by atoms with Crippen LogP contribution in [0.25, 0.3) is 0 Å². The molecule has 0 aromatic carbocycles. The molecule has 0 radical (unpaired) electrons. The van der Waals surface area contributed by atoms with Gasteiger partial charge in [-0.2, -0.15) is 5.26 Å². The van der Waals surface area contributed by atoms with Crippen molar-refractivity contribution >= 4 is 5.91 Å². The van der Waals surface area contributed by atoms with Gasteiger partial charge < -0.3 is 10.6 Å². The van der Waals surface area contributed by atoms with Gasteiger partial charge in [-0.05, 0) is 6.92 Å². The van der Waals surface area contributed by atoms with Gasteiger partial charge in [-0.1, -0.05) is 13.8 Å². The van der Waals surface area contributed by atoms with E-state index in [4.69, 9.17) is 5.26 Å². The minimum atomic E-state index is -0.0635. The van der Waals surface area contributed by atoms with Crippen molar-refractivity contribution in [3.05, 3.63) is 0 Å². The van der Waals surface area contributed by atoms with Crippen LogP contribution in [0.15, 0.2) is 0 Å². The van der Waals surface area contributed by atoms with Crippen LogP contribution < -0.4 is 10.6 Å².